The number of nitrogens with zero attached hydrogens (tertiary/aromatic N) is 4. The topological polar surface area (TPSA) is 98.8 Å². The molecule has 1 aliphatic rings. The molecule has 35 heavy (non-hydrogen) atoms. The minimum Gasteiger partial charge on any atom is -0.360 e. The zero-order valence-corrected chi connectivity index (χ0v) is 20.1. The Balaban J connectivity index is 1.29. The van der Waals surface area contributed by atoms with Crippen LogP contribution in [-0.2, 0) is 4.79 Å². The first-order valence-corrected chi connectivity index (χ1v) is 12.0. The first-order valence-electron chi connectivity index (χ1n) is 11.6. The van der Waals surface area contributed by atoms with Gasteiger partial charge in [-0.25, -0.2) is 15.0 Å². The average Bonchev–Trinajstić information content (AvgIpc) is 3.30. The van der Waals surface area contributed by atoms with E-state index >= 15 is 0 Å². The quantitative estimate of drug-likeness (QED) is 0.320. The van der Waals surface area contributed by atoms with Crippen molar-refractivity contribution in [1.29, 1.82) is 0 Å². The predicted octanol–water partition coefficient (Wildman–Crippen LogP) is 5.27. The van der Waals surface area contributed by atoms with Crippen LogP contribution in [0.25, 0.3) is 22.2 Å². The molecule has 0 spiro atoms. The summed E-state index contributed by atoms with van der Waals surface area (Å²) in [5, 5.41) is 7.86. The molecule has 8 nitrogen and oxygen atoms in total. The number of fused-ring (bicyclic) bond motifs is 1. The van der Waals surface area contributed by atoms with Gasteiger partial charge in [0.15, 0.2) is 0 Å². The van der Waals surface area contributed by atoms with E-state index in [1.54, 1.807) is 25.4 Å². The normalized spacial score (nSPS) is 16.1. The molecule has 4 aromatic rings. The maximum atomic E-state index is 11.7. The summed E-state index contributed by atoms with van der Waals surface area (Å²) in [7, 11) is 0. The lowest BCUT2D eigenvalue weighted by Gasteiger charge is -2.34. The van der Waals surface area contributed by atoms with E-state index in [0.717, 1.165) is 48.2 Å². The number of aromatic amines is 1. The van der Waals surface area contributed by atoms with Crippen LogP contribution in [0.15, 0.2) is 67.1 Å². The largest absolute Gasteiger partial charge is 0.360 e. The molecule has 9 heteroatoms. The van der Waals surface area contributed by atoms with Crippen LogP contribution in [0.1, 0.15) is 19.8 Å². The van der Waals surface area contributed by atoms with Gasteiger partial charge >= 0.3 is 0 Å². The highest BCUT2D eigenvalue weighted by atomic mass is 35.5. The van der Waals surface area contributed by atoms with Gasteiger partial charge in [-0.15, -0.1) is 0 Å². The summed E-state index contributed by atoms with van der Waals surface area (Å²) in [6.07, 6.45) is 10.5. The van der Waals surface area contributed by atoms with Gasteiger partial charge in [0.25, 0.3) is 0 Å². The summed E-state index contributed by atoms with van der Waals surface area (Å²) in [6.45, 7) is 3.49. The number of para-hydroxylation sites is 1. The van der Waals surface area contributed by atoms with Crippen LogP contribution in [0.5, 0.6) is 0 Å². The summed E-state index contributed by atoms with van der Waals surface area (Å²) < 4.78 is 0. The fourth-order valence-corrected chi connectivity index (χ4v) is 4.55. The van der Waals surface area contributed by atoms with Crippen molar-refractivity contribution in [3.63, 3.8) is 0 Å². The van der Waals surface area contributed by atoms with Gasteiger partial charge in [-0.3, -0.25) is 4.79 Å². The number of aromatic nitrogens is 4. The lowest BCUT2D eigenvalue weighted by Crippen LogP contribution is -2.42. The number of anilines is 3. The van der Waals surface area contributed by atoms with Gasteiger partial charge < -0.3 is 20.5 Å². The van der Waals surface area contributed by atoms with E-state index in [2.05, 4.69) is 36.6 Å². The Hall–Kier alpha value is -3.91. The maximum Gasteiger partial charge on any atom is 0.248 e. The fourth-order valence-electron chi connectivity index (χ4n) is 4.36. The van der Waals surface area contributed by atoms with Gasteiger partial charge in [0.05, 0.1) is 28.8 Å². The van der Waals surface area contributed by atoms with Crippen LogP contribution in [-0.4, -0.2) is 45.0 Å². The molecule has 1 aliphatic heterocycles. The van der Waals surface area contributed by atoms with Crippen molar-refractivity contribution >= 4 is 45.9 Å². The van der Waals surface area contributed by atoms with Crippen LogP contribution >= 0.6 is 11.6 Å². The summed E-state index contributed by atoms with van der Waals surface area (Å²) in [6, 6.07) is 12.0. The van der Waals surface area contributed by atoms with Crippen LogP contribution in [0, 0.1) is 0 Å². The molecule has 0 radical (unpaired) electrons. The number of rotatable bonds is 6. The number of piperidine rings is 1. The Morgan fingerprint density at radius 2 is 2.09 bits per heavy atom. The maximum absolute atomic E-state index is 11.7. The zero-order valence-electron chi connectivity index (χ0n) is 19.3. The van der Waals surface area contributed by atoms with Gasteiger partial charge in [-0.2, -0.15) is 0 Å². The van der Waals surface area contributed by atoms with E-state index in [0.29, 0.717) is 22.4 Å². The number of carbonyl (C=O) groups is 1. The van der Waals surface area contributed by atoms with E-state index in [9.17, 15) is 4.79 Å². The number of hydrogen-bond acceptors (Lipinski definition) is 6. The highest BCUT2D eigenvalue weighted by Crippen LogP contribution is 2.32. The van der Waals surface area contributed by atoms with Gasteiger partial charge in [0.2, 0.25) is 11.9 Å². The highest BCUT2D eigenvalue weighted by molar-refractivity contribution is 6.33. The van der Waals surface area contributed by atoms with Gasteiger partial charge in [-0.05, 0) is 44.0 Å². The monoisotopic (exact) mass is 487 g/mol. The van der Waals surface area contributed by atoms with Crippen LogP contribution < -0.4 is 15.5 Å². The minimum atomic E-state index is -0.167. The summed E-state index contributed by atoms with van der Waals surface area (Å²) in [5.74, 6) is 1.26. The third kappa shape index (κ3) is 5.12. The molecule has 0 bridgehead atoms. The zero-order chi connectivity index (χ0) is 24.2. The van der Waals surface area contributed by atoms with Crippen LogP contribution in [0.3, 0.4) is 0 Å². The Morgan fingerprint density at radius 1 is 1.20 bits per heavy atom. The van der Waals surface area contributed by atoms with Crippen molar-refractivity contribution in [1.82, 2.24) is 19.9 Å². The first kappa shape index (κ1) is 22.9. The van der Waals surface area contributed by atoms with E-state index in [4.69, 9.17) is 16.6 Å². The Labute approximate surface area is 208 Å². The Bertz CT molecular complexity index is 1370. The minimum absolute atomic E-state index is 0.164. The van der Waals surface area contributed by atoms with E-state index in [-0.39, 0.29) is 11.9 Å². The summed E-state index contributed by atoms with van der Waals surface area (Å²) in [5.41, 5.74) is 3.36. The molecule has 1 aromatic carbocycles. The second kappa shape index (κ2) is 10.1. The van der Waals surface area contributed by atoms with Gasteiger partial charge in [-0.1, -0.05) is 35.9 Å². The molecular weight excluding hydrogens is 462 g/mol. The summed E-state index contributed by atoms with van der Waals surface area (Å²) in [4.78, 5) is 31.0. The second-order valence-electron chi connectivity index (χ2n) is 8.46. The summed E-state index contributed by atoms with van der Waals surface area (Å²) >= 11 is 6.48. The molecular formula is C26H26ClN7O. The first-order chi connectivity index (χ1) is 17.1. The number of carbonyl (C=O) groups excluding carboxylic acids is 1. The number of amides is 1. The van der Waals surface area contributed by atoms with Crippen LogP contribution in [0.2, 0.25) is 5.02 Å². The van der Waals surface area contributed by atoms with E-state index < -0.39 is 0 Å². The molecule has 0 saturated carbocycles. The van der Waals surface area contributed by atoms with Crippen molar-refractivity contribution < 1.29 is 4.79 Å². The standard InChI is InChI=1S/C26H26ClN7O/c1-2-6-24(35)31-17-10-11-23(29-13-17)34-12-5-7-18(16-34)32-26-30-15-21(27)25(33-26)20-14-28-22-9-4-3-8-19(20)22/h2-4,6,8-11,13-15,18,28H,5,7,12,16H2,1H3,(H,31,35)(H,30,32,33)/b6-2+/t18-/m1/s1. The molecule has 4 heterocycles. The molecule has 1 fully saturated rings. The number of hydrogen-bond donors (Lipinski definition) is 3. The molecule has 5 rings (SSSR count). The third-order valence-electron chi connectivity index (χ3n) is 6.00. The van der Waals surface area contributed by atoms with E-state index in [1.165, 1.54) is 6.08 Å². The molecule has 1 saturated heterocycles. The SMILES string of the molecule is C/C=C/C(=O)Nc1ccc(N2CCC[C@@H](Nc3ncc(Cl)c(-c4c[nH]c5ccccc45)n3)C2)nc1. The van der Waals surface area contributed by atoms with Gasteiger partial charge in [0, 0.05) is 41.8 Å². The second-order valence-corrected chi connectivity index (χ2v) is 8.87. The van der Waals surface area contributed by atoms with Crippen LogP contribution in [0.4, 0.5) is 17.5 Å². The molecule has 1 amide bonds. The Morgan fingerprint density at radius 3 is 2.91 bits per heavy atom. The highest BCUT2D eigenvalue weighted by Gasteiger charge is 2.22. The number of halogens is 1. The molecule has 0 aliphatic carbocycles. The predicted molar refractivity (Wildman–Crippen MR) is 141 cm³/mol. The lowest BCUT2D eigenvalue weighted by atomic mass is 10.1. The Kier molecular flexibility index (Phi) is 6.63. The van der Waals surface area contributed by atoms with Crippen molar-refractivity contribution in [2.75, 3.05) is 28.6 Å². The van der Waals surface area contributed by atoms with Gasteiger partial charge in [0.1, 0.15) is 5.82 Å². The molecule has 1 atom stereocenters. The molecule has 3 N–H and O–H groups in total. The number of pyridine rings is 1. The van der Waals surface area contributed by atoms with Crippen molar-refractivity contribution in [2.45, 2.75) is 25.8 Å². The third-order valence-corrected chi connectivity index (χ3v) is 6.28. The lowest BCUT2D eigenvalue weighted by molar-refractivity contribution is -0.111. The van der Waals surface area contributed by atoms with E-state index in [1.807, 2.05) is 36.5 Å². The average molecular weight is 488 g/mol. The smallest absolute Gasteiger partial charge is 0.248 e. The number of H-pyrrole nitrogens is 1. The number of allylic oxidation sites excluding steroid dienone is 1. The molecule has 0 unspecified atom stereocenters. The van der Waals surface area contributed by atoms with Crippen molar-refractivity contribution in [3.05, 3.63) is 72.2 Å². The number of nitrogens with one attached hydrogen (secondary N) is 3. The fraction of sp³-hybridized carbons (Fsp3) is 0.231. The van der Waals surface area contributed by atoms with Crippen molar-refractivity contribution in [2.24, 2.45) is 0 Å². The van der Waals surface area contributed by atoms with Crippen molar-refractivity contribution in [3.8, 4) is 11.3 Å². The number of benzene rings is 1. The molecule has 178 valence electrons. The molecule has 3 aromatic heterocycles.